The minimum Gasteiger partial charge on any atom is -0.495 e. The summed E-state index contributed by atoms with van der Waals surface area (Å²) in [5, 5.41) is 12.2. The molecule has 0 saturated heterocycles. The van der Waals surface area contributed by atoms with E-state index in [1.807, 2.05) is 6.07 Å². The number of hydrogen-bond donors (Lipinski definition) is 1. The number of nitriles is 1. The van der Waals surface area contributed by atoms with Gasteiger partial charge in [-0.05, 0) is 18.1 Å². The maximum absolute atomic E-state index is 9.04. The Balaban J connectivity index is 2.53. The fraction of sp³-hybridized carbons (Fsp3) is 0.500. The zero-order chi connectivity index (χ0) is 13.4. The van der Waals surface area contributed by atoms with Crippen molar-refractivity contribution in [3.8, 4) is 11.8 Å². The van der Waals surface area contributed by atoms with Gasteiger partial charge in [0, 0.05) is 13.2 Å². The van der Waals surface area contributed by atoms with E-state index in [0.717, 1.165) is 12.3 Å². The van der Waals surface area contributed by atoms with E-state index in [-0.39, 0.29) is 0 Å². The van der Waals surface area contributed by atoms with Crippen LogP contribution in [0, 0.1) is 17.2 Å². The van der Waals surface area contributed by atoms with Crippen LogP contribution in [0.15, 0.2) is 18.2 Å². The molecule has 1 aromatic carbocycles. The first-order valence-electron chi connectivity index (χ1n) is 6.07. The van der Waals surface area contributed by atoms with Gasteiger partial charge in [-0.2, -0.15) is 5.26 Å². The molecule has 0 radical (unpaired) electrons. The molecule has 0 amide bonds. The summed E-state index contributed by atoms with van der Waals surface area (Å²) in [4.78, 5) is 0. The quantitative estimate of drug-likeness (QED) is 0.754. The van der Waals surface area contributed by atoms with Gasteiger partial charge in [0.2, 0.25) is 0 Å². The van der Waals surface area contributed by atoms with Crippen LogP contribution in [0.3, 0.4) is 0 Å². The maximum atomic E-state index is 9.04. The molecule has 0 spiro atoms. The van der Waals surface area contributed by atoms with Crippen LogP contribution in [-0.4, -0.2) is 26.9 Å². The number of hydrogen-bond acceptors (Lipinski definition) is 4. The van der Waals surface area contributed by atoms with E-state index < -0.39 is 0 Å². The van der Waals surface area contributed by atoms with Gasteiger partial charge in [0.25, 0.3) is 0 Å². The molecule has 18 heavy (non-hydrogen) atoms. The van der Waals surface area contributed by atoms with Crippen LogP contribution < -0.4 is 10.1 Å². The average Bonchev–Trinajstić information content (AvgIpc) is 2.37. The van der Waals surface area contributed by atoms with Crippen molar-refractivity contribution in [2.24, 2.45) is 5.92 Å². The van der Waals surface area contributed by atoms with Crippen LogP contribution in [0.5, 0.6) is 5.75 Å². The topological polar surface area (TPSA) is 54.3 Å². The van der Waals surface area contributed by atoms with Crippen LogP contribution in [0.25, 0.3) is 0 Å². The first kappa shape index (κ1) is 14.3. The van der Waals surface area contributed by atoms with Crippen LogP contribution >= 0.6 is 0 Å². The number of para-hydroxylation sites is 1. The van der Waals surface area contributed by atoms with Gasteiger partial charge < -0.3 is 14.8 Å². The molecule has 0 aromatic heterocycles. The van der Waals surface area contributed by atoms with E-state index in [0.29, 0.717) is 30.4 Å². The van der Waals surface area contributed by atoms with Gasteiger partial charge in [-0.3, -0.25) is 0 Å². The molecule has 0 aliphatic rings. The van der Waals surface area contributed by atoms with Crippen molar-refractivity contribution < 1.29 is 9.47 Å². The lowest BCUT2D eigenvalue weighted by Gasteiger charge is -2.13. The van der Waals surface area contributed by atoms with Gasteiger partial charge in [-0.15, -0.1) is 0 Å². The Hall–Kier alpha value is -1.73. The van der Waals surface area contributed by atoms with E-state index in [1.54, 1.807) is 19.2 Å². The molecule has 0 unspecified atom stereocenters. The molecular formula is C14H20N2O2. The Bertz CT molecular complexity index is 411. The highest BCUT2D eigenvalue weighted by Crippen LogP contribution is 2.27. The summed E-state index contributed by atoms with van der Waals surface area (Å²) in [6.07, 6.45) is 0. The summed E-state index contributed by atoms with van der Waals surface area (Å²) in [6, 6.07) is 7.54. The lowest BCUT2D eigenvalue weighted by Crippen LogP contribution is -2.13. The number of benzene rings is 1. The van der Waals surface area contributed by atoms with Gasteiger partial charge >= 0.3 is 0 Å². The first-order chi connectivity index (χ1) is 8.69. The Labute approximate surface area is 109 Å². The molecule has 0 aliphatic heterocycles. The van der Waals surface area contributed by atoms with E-state index in [9.17, 15) is 0 Å². The fourth-order valence-electron chi connectivity index (χ4n) is 1.54. The van der Waals surface area contributed by atoms with Crippen molar-refractivity contribution in [2.75, 3.05) is 32.2 Å². The van der Waals surface area contributed by atoms with E-state index in [1.165, 1.54) is 0 Å². The van der Waals surface area contributed by atoms with Crippen molar-refractivity contribution in [1.29, 1.82) is 5.26 Å². The molecule has 1 rings (SSSR count). The third-order valence-electron chi connectivity index (χ3n) is 2.37. The first-order valence-corrected chi connectivity index (χ1v) is 6.07. The monoisotopic (exact) mass is 248 g/mol. The second kappa shape index (κ2) is 7.57. The van der Waals surface area contributed by atoms with E-state index in [4.69, 9.17) is 14.7 Å². The number of nitrogens with zero attached hydrogens (tertiary/aromatic N) is 1. The van der Waals surface area contributed by atoms with Crippen molar-refractivity contribution in [3.05, 3.63) is 23.8 Å². The summed E-state index contributed by atoms with van der Waals surface area (Å²) in [6.45, 7) is 6.24. The number of nitrogens with one attached hydrogen (secondary N) is 1. The predicted octanol–water partition coefficient (Wildman–Crippen LogP) is 2.65. The van der Waals surface area contributed by atoms with Gasteiger partial charge in [-0.25, -0.2) is 0 Å². The minimum atomic E-state index is 0.533. The Morgan fingerprint density at radius 2 is 2.17 bits per heavy atom. The highest BCUT2D eigenvalue weighted by molar-refractivity contribution is 5.66. The van der Waals surface area contributed by atoms with E-state index >= 15 is 0 Å². The largest absolute Gasteiger partial charge is 0.495 e. The lowest BCUT2D eigenvalue weighted by molar-refractivity contribution is 0.118. The number of anilines is 1. The Kier molecular flexibility index (Phi) is 6.03. The molecule has 98 valence electrons. The molecule has 4 heteroatoms. The number of ether oxygens (including phenoxy) is 2. The maximum Gasteiger partial charge on any atom is 0.143 e. The molecule has 0 fully saturated rings. The average molecular weight is 248 g/mol. The third-order valence-corrected chi connectivity index (χ3v) is 2.37. The third kappa shape index (κ3) is 4.27. The fourth-order valence-corrected chi connectivity index (χ4v) is 1.54. The summed E-state index contributed by atoms with van der Waals surface area (Å²) in [5.41, 5.74) is 1.31. The van der Waals surface area contributed by atoms with E-state index in [2.05, 4.69) is 25.2 Å². The highest BCUT2D eigenvalue weighted by Gasteiger charge is 2.07. The standard InChI is InChI=1S/C14H20N2O2/c1-11(2)10-18-8-7-16-14-12(9-15)5-4-6-13(14)17-3/h4-6,11,16H,7-8,10H2,1-3H3. The molecule has 0 bridgehead atoms. The predicted molar refractivity (Wildman–Crippen MR) is 71.9 cm³/mol. The second-order valence-corrected chi connectivity index (χ2v) is 4.39. The summed E-state index contributed by atoms with van der Waals surface area (Å²) in [7, 11) is 1.59. The van der Waals surface area contributed by atoms with Crippen molar-refractivity contribution >= 4 is 5.69 Å². The molecule has 0 atom stereocenters. The Morgan fingerprint density at radius 3 is 2.78 bits per heavy atom. The van der Waals surface area contributed by atoms with Crippen LogP contribution in [0.4, 0.5) is 5.69 Å². The summed E-state index contributed by atoms with van der Waals surface area (Å²) < 4.78 is 10.7. The SMILES string of the molecule is COc1cccc(C#N)c1NCCOCC(C)C. The van der Waals surface area contributed by atoms with Gasteiger partial charge in [0.1, 0.15) is 11.8 Å². The zero-order valence-corrected chi connectivity index (χ0v) is 11.2. The smallest absolute Gasteiger partial charge is 0.143 e. The second-order valence-electron chi connectivity index (χ2n) is 4.39. The molecule has 0 heterocycles. The highest BCUT2D eigenvalue weighted by atomic mass is 16.5. The summed E-state index contributed by atoms with van der Waals surface area (Å²) >= 11 is 0. The minimum absolute atomic E-state index is 0.533. The summed E-state index contributed by atoms with van der Waals surface area (Å²) in [5.74, 6) is 1.21. The van der Waals surface area contributed by atoms with Crippen molar-refractivity contribution in [2.45, 2.75) is 13.8 Å². The lowest BCUT2D eigenvalue weighted by atomic mass is 10.2. The van der Waals surface area contributed by atoms with Crippen molar-refractivity contribution in [3.63, 3.8) is 0 Å². The number of methoxy groups -OCH3 is 1. The molecule has 1 aromatic rings. The van der Waals surface area contributed by atoms with Crippen LogP contribution in [0.2, 0.25) is 0 Å². The molecule has 1 N–H and O–H groups in total. The zero-order valence-electron chi connectivity index (χ0n) is 11.2. The molecule has 0 aliphatic carbocycles. The van der Waals surface area contributed by atoms with Crippen LogP contribution in [-0.2, 0) is 4.74 Å². The molecular weight excluding hydrogens is 228 g/mol. The van der Waals surface area contributed by atoms with Gasteiger partial charge in [0.05, 0.1) is 25.0 Å². The van der Waals surface area contributed by atoms with Crippen LogP contribution in [0.1, 0.15) is 19.4 Å². The molecule has 4 nitrogen and oxygen atoms in total. The normalized spacial score (nSPS) is 10.2. The number of rotatable bonds is 7. The Morgan fingerprint density at radius 1 is 1.39 bits per heavy atom. The molecule has 0 saturated carbocycles. The van der Waals surface area contributed by atoms with Gasteiger partial charge in [-0.1, -0.05) is 19.9 Å². The van der Waals surface area contributed by atoms with Crippen molar-refractivity contribution in [1.82, 2.24) is 0 Å². The van der Waals surface area contributed by atoms with Gasteiger partial charge in [0.15, 0.2) is 0 Å².